The zero-order chi connectivity index (χ0) is 11.6. The highest BCUT2D eigenvalue weighted by atomic mass is 79.9. The minimum Gasteiger partial charge on any atom is -0.505 e. The third kappa shape index (κ3) is 2.01. The summed E-state index contributed by atoms with van der Waals surface area (Å²) in [5.41, 5.74) is 2.83. The van der Waals surface area contributed by atoms with Gasteiger partial charge < -0.3 is 15.2 Å². The number of aryl methyl sites for hydroxylation is 2. The molecule has 15 heavy (non-hydrogen) atoms. The van der Waals surface area contributed by atoms with Crippen LogP contribution in [0.1, 0.15) is 11.1 Å². The quantitative estimate of drug-likeness (QED) is 0.690. The molecule has 0 aliphatic rings. The molecule has 0 amide bonds. The fourth-order valence-electron chi connectivity index (χ4n) is 1.46. The van der Waals surface area contributed by atoms with Crippen LogP contribution in [0.15, 0.2) is 16.7 Å². The largest absolute Gasteiger partial charge is 0.505 e. The summed E-state index contributed by atoms with van der Waals surface area (Å²) in [6.45, 7) is 3.90. The van der Waals surface area contributed by atoms with E-state index in [1.165, 1.54) is 0 Å². The van der Waals surface area contributed by atoms with E-state index >= 15 is 0 Å². The predicted octanol–water partition coefficient (Wildman–Crippen LogP) is 2.86. The summed E-state index contributed by atoms with van der Waals surface area (Å²) in [7, 11) is 1.00. The van der Waals surface area contributed by atoms with Crippen molar-refractivity contribution in [2.24, 2.45) is 0 Å². The number of aromatic nitrogens is 1. The van der Waals surface area contributed by atoms with Crippen molar-refractivity contribution in [1.82, 2.24) is 4.98 Å². The first-order chi connectivity index (χ1) is 7.11. The maximum Gasteiger partial charge on any atom is 0.142 e. The number of aromatic amines is 1. The Labute approximate surface area is 96.9 Å². The molecule has 0 saturated carbocycles. The fourth-order valence-corrected chi connectivity index (χ4v) is 1.87. The topological polar surface area (TPSA) is 56.2 Å². The van der Waals surface area contributed by atoms with Gasteiger partial charge in [0.2, 0.25) is 0 Å². The normalized spacial score (nSPS) is 9.93. The highest BCUT2D eigenvalue weighted by molar-refractivity contribution is 9.10. The van der Waals surface area contributed by atoms with Crippen molar-refractivity contribution in [1.29, 1.82) is 0 Å². The monoisotopic (exact) mass is 271 g/mol. The number of nitrogens with one attached hydrogen (secondary N) is 1. The van der Waals surface area contributed by atoms with Crippen LogP contribution in [0.4, 0.5) is 0 Å². The molecule has 1 aromatic heterocycles. The average molecular weight is 272 g/mol. The van der Waals surface area contributed by atoms with Crippen LogP contribution in [0.2, 0.25) is 0 Å². The molecule has 4 heteroatoms. The number of fused-ring (bicyclic) bond motifs is 1. The first-order valence-corrected chi connectivity index (χ1v) is 5.31. The Morgan fingerprint density at radius 1 is 1.20 bits per heavy atom. The van der Waals surface area contributed by atoms with Gasteiger partial charge in [-0.15, -0.1) is 0 Å². The summed E-state index contributed by atoms with van der Waals surface area (Å²) < 4.78 is 0.934. The highest BCUT2D eigenvalue weighted by Gasteiger charge is 2.09. The SMILES string of the molecule is CO.Cc1ccc2c(C)c(Br)[nH]c2c1O. The van der Waals surface area contributed by atoms with Crippen LogP contribution >= 0.6 is 15.9 Å². The Balaban J connectivity index is 0.000000531. The lowest BCUT2D eigenvalue weighted by atomic mass is 10.1. The minimum absolute atomic E-state index is 0.339. The molecule has 0 spiro atoms. The number of aliphatic hydroxyl groups excluding tert-OH is 1. The molecule has 2 aromatic rings. The van der Waals surface area contributed by atoms with Gasteiger partial charge in [-0.2, -0.15) is 0 Å². The highest BCUT2D eigenvalue weighted by Crippen LogP contribution is 2.33. The molecule has 0 fully saturated rings. The molecule has 82 valence electrons. The molecular weight excluding hydrogens is 258 g/mol. The van der Waals surface area contributed by atoms with Crippen LogP contribution in [-0.4, -0.2) is 22.3 Å². The van der Waals surface area contributed by atoms with Gasteiger partial charge in [0.15, 0.2) is 0 Å². The number of hydrogen-bond donors (Lipinski definition) is 3. The Bertz CT molecular complexity index is 477. The Hall–Kier alpha value is -1.00. The van der Waals surface area contributed by atoms with E-state index in [1.807, 2.05) is 26.0 Å². The van der Waals surface area contributed by atoms with Gasteiger partial charge in [0.25, 0.3) is 0 Å². The van der Waals surface area contributed by atoms with Gasteiger partial charge in [0, 0.05) is 12.5 Å². The first kappa shape index (κ1) is 12.1. The lowest BCUT2D eigenvalue weighted by molar-refractivity contribution is 0.399. The van der Waals surface area contributed by atoms with E-state index in [9.17, 15) is 5.11 Å². The first-order valence-electron chi connectivity index (χ1n) is 4.52. The van der Waals surface area contributed by atoms with Gasteiger partial charge in [0.05, 0.1) is 10.1 Å². The summed E-state index contributed by atoms with van der Waals surface area (Å²) in [5.74, 6) is 0.339. The fraction of sp³-hybridized carbons (Fsp3) is 0.273. The van der Waals surface area contributed by atoms with Crippen LogP contribution in [-0.2, 0) is 0 Å². The molecule has 0 atom stereocenters. The number of rotatable bonds is 0. The zero-order valence-corrected chi connectivity index (χ0v) is 10.5. The van der Waals surface area contributed by atoms with Crippen LogP contribution in [0.3, 0.4) is 0 Å². The molecule has 2 rings (SSSR count). The molecule has 0 bridgehead atoms. The Morgan fingerprint density at radius 2 is 1.80 bits per heavy atom. The van der Waals surface area contributed by atoms with Crippen molar-refractivity contribution in [3.8, 4) is 5.75 Å². The van der Waals surface area contributed by atoms with Crippen LogP contribution in [0.5, 0.6) is 5.75 Å². The number of H-pyrrole nitrogens is 1. The molecule has 3 nitrogen and oxygen atoms in total. The van der Waals surface area contributed by atoms with Gasteiger partial charge >= 0.3 is 0 Å². The molecule has 0 radical (unpaired) electrons. The lowest BCUT2D eigenvalue weighted by Crippen LogP contribution is -1.76. The van der Waals surface area contributed by atoms with Gasteiger partial charge in [-0.3, -0.25) is 0 Å². The number of aromatic hydroxyl groups is 1. The second-order valence-electron chi connectivity index (χ2n) is 3.22. The van der Waals surface area contributed by atoms with Crippen LogP contribution in [0, 0.1) is 13.8 Å². The Morgan fingerprint density at radius 3 is 2.40 bits per heavy atom. The van der Waals surface area contributed by atoms with Crippen LogP contribution in [0.25, 0.3) is 10.9 Å². The van der Waals surface area contributed by atoms with Crippen molar-refractivity contribution in [2.75, 3.05) is 7.11 Å². The summed E-state index contributed by atoms with van der Waals surface area (Å²) in [6.07, 6.45) is 0. The number of phenols is 1. The van der Waals surface area contributed by atoms with Gasteiger partial charge in [-0.05, 0) is 40.9 Å². The second-order valence-corrected chi connectivity index (χ2v) is 4.01. The minimum atomic E-state index is 0.339. The van der Waals surface area contributed by atoms with Crippen LogP contribution < -0.4 is 0 Å². The van der Waals surface area contributed by atoms with Crippen molar-refractivity contribution in [3.05, 3.63) is 27.9 Å². The molecule has 0 aliphatic carbocycles. The summed E-state index contributed by atoms with van der Waals surface area (Å²) in [4.78, 5) is 3.10. The number of phenolic OH excluding ortho intramolecular Hbond substituents is 1. The molecule has 1 aromatic carbocycles. The molecule has 3 N–H and O–H groups in total. The average Bonchev–Trinajstić information content (AvgIpc) is 2.54. The summed E-state index contributed by atoms with van der Waals surface area (Å²) in [6, 6.07) is 3.94. The van der Waals surface area contributed by atoms with Gasteiger partial charge in [-0.1, -0.05) is 12.1 Å². The van der Waals surface area contributed by atoms with Crippen molar-refractivity contribution < 1.29 is 10.2 Å². The number of benzene rings is 1. The number of aliphatic hydroxyl groups is 1. The smallest absolute Gasteiger partial charge is 0.142 e. The van der Waals surface area contributed by atoms with E-state index in [4.69, 9.17) is 5.11 Å². The van der Waals surface area contributed by atoms with E-state index in [0.717, 1.165) is 33.7 Å². The van der Waals surface area contributed by atoms with E-state index in [0.29, 0.717) is 5.75 Å². The van der Waals surface area contributed by atoms with E-state index in [1.54, 1.807) is 0 Å². The maximum absolute atomic E-state index is 9.74. The molecule has 0 aliphatic heterocycles. The third-order valence-corrected chi connectivity index (χ3v) is 3.14. The van der Waals surface area contributed by atoms with E-state index in [-0.39, 0.29) is 0 Å². The number of hydrogen-bond acceptors (Lipinski definition) is 2. The lowest BCUT2D eigenvalue weighted by Gasteiger charge is -1.99. The van der Waals surface area contributed by atoms with E-state index < -0.39 is 0 Å². The van der Waals surface area contributed by atoms with E-state index in [2.05, 4.69) is 20.9 Å². The van der Waals surface area contributed by atoms with Gasteiger partial charge in [0.1, 0.15) is 5.75 Å². The zero-order valence-electron chi connectivity index (χ0n) is 8.93. The van der Waals surface area contributed by atoms with Crippen molar-refractivity contribution >= 4 is 26.8 Å². The molecular formula is C11H14BrNO2. The van der Waals surface area contributed by atoms with Gasteiger partial charge in [-0.25, -0.2) is 0 Å². The summed E-state index contributed by atoms with van der Waals surface area (Å²) in [5, 5.41) is 17.8. The second kappa shape index (κ2) is 4.68. The molecule has 0 unspecified atom stereocenters. The maximum atomic E-state index is 9.74. The van der Waals surface area contributed by atoms with Crippen molar-refractivity contribution in [2.45, 2.75) is 13.8 Å². The van der Waals surface area contributed by atoms with Crippen molar-refractivity contribution in [3.63, 3.8) is 0 Å². The molecule has 0 saturated heterocycles. The summed E-state index contributed by atoms with van der Waals surface area (Å²) >= 11 is 3.40. The number of halogens is 1. The molecule has 1 heterocycles. The third-order valence-electron chi connectivity index (χ3n) is 2.35. The standard InChI is InChI=1S/C10H10BrNO.CH4O/c1-5-3-4-7-6(2)10(11)12-8(7)9(5)13;1-2/h3-4,12-13H,1-2H3;2H,1H3. The predicted molar refractivity (Wildman–Crippen MR) is 65.3 cm³/mol. The Kier molecular flexibility index (Phi) is 3.77.